The lowest BCUT2D eigenvalue weighted by atomic mass is 9.98. The molecule has 0 aromatic carbocycles. The van der Waals surface area contributed by atoms with E-state index < -0.39 is 6.10 Å². The average molecular weight is 397 g/mol. The largest absolute Gasteiger partial charge is 0.394 e. The fraction of sp³-hybridized carbons (Fsp3) is 0.619. The van der Waals surface area contributed by atoms with Crippen LogP contribution in [0.25, 0.3) is 0 Å². The number of amides is 1. The molecule has 0 radical (unpaired) electrons. The van der Waals surface area contributed by atoms with Crippen LogP contribution in [0.2, 0.25) is 0 Å². The van der Waals surface area contributed by atoms with Crippen molar-refractivity contribution in [3.63, 3.8) is 0 Å². The van der Waals surface area contributed by atoms with Crippen LogP contribution in [-0.2, 0) is 16.1 Å². The van der Waals surface area contributed by atoms with Gasteiger partial charge in [0.25, 0.3) is 0 Å². The molecular weight excluding hydrogens is 370 g/mol. The molecule has 3 fully saturated rings. The highest BCUT2D eigenvalue weighted by Gasteiger charge is 2.47. The van der Waals surface area contributed by atoms with Gasteiger partial charge in [-0.2, -0.15) is 5.10 Å². The minimum atomic E-state index is -0.424. The Morgan fingerprint density at radius 2 is 2.03 bits per heavy atom. The summed E-state index contributed by atoms with van der Waals surface area (Å²) in [6.45, 7) is 0.394. The fourth-order valence-electron chi connectivity index (χ4n) is 4.71. The second-order valence-corrected chi connectivity index (χ2v) is 8.25. The van der Waals surface area contributed by atoms with Gasteiger partial charge < -0.3 is 14.7 Å². The summed E-state index contributed by atoms with van der Waals surface area (Å²) in [7, 11) is 0. The van der Waals surface area contributed by atoms with Crippen LogP contribution < -0.4 is 0 Å². The first-order valence-corrected chi connectivity index (χ1v) is 10.6. The standard InChI is InChI=1S/C21H27N5O3/c27-11-10-25-21(23-20(24-25)14-4-1-2-5-14)19-18(15-6-3-9-22-12-15)26(16-7-8-16)17(28)13-29-19/h3,6,9,12,14,16,18-19,27H,1-2,4-5,7-8,10-11,13H2/t18-,19+/m1/s1. The predicted octanol–water partition coefficient (Wildman–Crippen LogP) is 2.13. The van der Waals surface area contributed by atoms with E-state index in [1.54, 1.807) is 17.1 Å². The Hall–Kier alpha value is -2.32. The molecular formula is C21H27N5O3. The van der Waals surface area contributed by atoms with Gasteiger partial charge >= 0.3 is 0 Å². The fourth-order valence-corrected chi connectivity index (χ4v) is 4.71. The van der Waals surface area contributed by atoms with E-state index >= 15 is 0 Å². The SMILES string of the molecule is O=C1CO[C@H](c2nc(C3CCCC3)nn2CCO)[C@@H](c2cccnc2)N1C1CC1. The molecule has 2 saturated carbocycles. The maximum absolute atomic E-state index is 12.8. The predicted molar refractivity (Wildman–Crippen MR) is 104 cm³/mol. The molecule has 0 bridgehead atoms. The molecule has 0 spiro atoms. The van der Waals surface area contributed by atoms with Gasteiger partial charge in [-0.1, -0.05) is 18.9 Å². The number of aromatic nitrogens is 4. The summed E-state index contributed by atoms with van der Waals surface area (Å²) in [4.78, 5) is 23.9. The van der Waals surface area contributed by atoms with Gasteiger partial charge in [0.2, 0.25) is 5.91 Å². The minimum Gasteiger partial charge on any atom is -0.394 e. The summed E-state index contributed by atoms with van der Waals surface area (Å²) in [6.07, 6.45) is 9.77. The van der Waals surface area contributed by atoms with Gasteiger partial charge in [0.1, 0.15) is 12.7 Å². The summed E-state index contributed by atoms with van der Waals surface area (Å²) in [5.74, 6) is 1.93. The first-order valence-electron chi connectivity index (χ1n) is 10.6. The van der Waals surface area contributed by atoms with Gasteiger partial charge in [-0.25, -0.2) is 9.67 Å². The zero-order chi connectivity index (χ0) is 19.8. The zero-order valence-corrected chi connectivity index (χ0v) is 16.5. The summed E-state index contributed by atoms with van der Waals surface area (Å²) in [6, 6.07) is 3.85. The molecule has 2 aliphatic carbocycles. The lowest BCUT2D eigenvalue weighted by Gasteiger charge is -2.41. The number of hydrogen-bond donors (Lipinski definition) is 1. The minimum absolute atomic E-state index is 0.0156. The van der Waals surface area contributed by atoms with Crippen molar-refractivity contribution in [3.8, 4) is 0 Å². The Labute approximate surface area is 169 Å². The van der Waals surface area contributed by atoms with Gasteiger partial charge in [-0.3, -0.25) is 9.78 Å². The Balaban J connectivity index is 1.56. The maximum atomic E-state index is 12.8. The number of aliphatic hydroxyl groups excluding tert-OH is 1. The van der Waals surface area contributed by atoms with Gasteiger partial charge in [0.05, 0.1) is 19.2 Å². The van der Waals surface area contributed by atoms with Crippen molar-refractivity contribution in [2.75, 3.05) is 13.2 Å². The van der Waals surface area contributed by atoms with Gasteiger partial charge in [0.15, 0.2) is 11.6 Å². The molecule has 1 aliphatic heterocycles. The highest BCUT2D eigenvalue weighted by molar-refractivity contribution is 5.79. The molecule has 0 unspecified atom stereocenters. The van der Waals surface area contributed by atoms with Crippen LogP contribution in [0.1, 0.15) is 73.8 Å². The Kier molecular flexibility index (Phi) is 5.05. The van der Waals surface area contributed by atoms with Gasteiger partial charge in [0, 0.05) is 24.4 Å². The number of aliphatic hydroxyl groups is 1. The number of rotatable bonds is 6. The van der Waals surface area contributed by atoms with Crippen LogP contribution in [-0.4, -0.2) is 54.9 Å². The number of nitrogens with zero attached hydrogens (tertiary/aromatic N) is 5. The quantitative estimate of drug-likeness (QED) is 0.803. The van der Waals surface area contributed by atoms with Crippen molar-refractivity contribution in [1.82, 2.24) is 24.6 Å². The van der Waals surface area contributed by atoms with Crippen molar-refractivity contribution in [3.05, 3.63) is 41.7 Å². The van der Waals surface area contributed by atoms with E-state index in [0.29, 0.717) is 18.3 Å². The van der Waals surface area contributed by atoms with Crippen LogP contribution in [0.4, 0.5) is 0 Å². The molecule has 1 saturated heterocycles. The molecule has 29 heavy (non-hydrogen) atoms. The second kappa shape index (κ2) is 7.84. The van der Waals surface area contributed by atoms with Crippen LogP contribution in [0.15, 0.2) is 24.5 Å². The summed E-state index contributed by atoms with van der Waals surface area (Å²) < 4.78 is 7.87. The average Bonchev–Trinajstić information content (AvgIpc) is 3.25. The number of pyridine rings is 1. The smallest absolute Gasteiger partial charge is 0.249 e. The summed E-state index contributed by atoms with van der Waals surface area (Å²) >= 11 is 0. The molecule has 5 rings (SSSR count). The van der Waals surface area contributed by atoms with Gasteiger partial charge in [-0.05, 0) is 37.3 Å². The van der Waals surface area contributed by atoms with Crippen molar-refractivity contribution < 1.29 is 14.6 Å². The van der Waals surface area contributed by atoms with E-state index in [1.807, 2.05) is 17.0 Å². The lowest BCUT2D eigenvalue weighted by molar-refractivity contribution is -0.160. The Morgan fingerprint density at radius 3 is 2.72 bits per heavy atom. The zero-order valence-electron chi connectivity index (χ0n) is 16.5. The summed E-state index contributed by atoms with van der Waals surface area (Å²) in [5.41, 5.74) is 0.943. The van der Waals surface area contributed by atoms with E-state index in [2.05, 4.69) is 4.98 Å². The third kappa shape index (κ3) is 3.55. The third-order valence-corrected chi connectivity index (χ3v) is 6.23. The highest BCUT2D eigenvalue weighted by atomic mass is 16.5. The van der Waals surface area contributed by atoms with Crippen LogP contribution in [0.5, 0.6) is 0 Å². The molecule has 2 aromatic rings. The van der Waals surface area contributed by atoms with E-state index in [-0.39, 0.29) is 31.2 Å². The molecule has 1 N–H and O–H groups in total. The molecule has 8 nitrogen and oxygen atoms in total. The first kappa shape index (κ1) is 18.7. The number of hydrogen-bond acceptors (Lipinski definition) is 6. The highest BCUT2D eigenvalue weighted by Crippen LogP contribution is 2.45. The lowest BCUT2D eigenvalue weighted by Crippen LogP contribution is -2.47. The number of morpholine rings is 1. The third-order valence-electron chi connectivity index (χ3n) is 6.23. The maximum Gasteiger partial charge on any atom is 0.249 e. The van der Waals surface area contributed by atoms with Crippen molar-refractivity contribution >= 4 is 5.91 Å². The topological polar surface area (TPSA) is 93.4 Å². The molecule has 3 heterocycles. The van der Waals surface area contributed by atoms with E-state index in [1.165, 1.54) is 12.8 Å². The number of carbonyl (C=O) groups is 1. The van der Waals surface area contributed by atoms with E-state index in [9.17, 15) is 9.90 Å². The molecule has 1 amide bonds. The monoisotopic (exact) mass is 397 g/mol. The Bertz CT molecular complexity index is 860. The number of ether oxygens (including phenoxy) is 1. The number of carbonyl (C=O) groups excluding carboxylic acids is 1. The first-order chi connectivity index (χ1) is 14.3. The van der Waals surface area contributed by atoms with Crippen LogP contribution in [0, 0.1) is 0 Å². The summed E-state index contributed by atoms with van der Waals surface area (Å²) in [5, 5.41) is 14.3. The van der Waals surface area contributed by atoms with Crippen LogP contribution in [0.3, 0.4) is 0 Å². The van der Waals surface area contributed by atoms with Crippen molar-refractivity contribution in [2.24, 2.45) is 0 Å². The van der Waals surface area contributed by atoms with Crippen molar-refractivity contribution in [1.29, 1.82) is 0 Å². The van der Waals surface area contributed by atoms with E-state index in [4.69, 9.17) is 14.8 Å². The second-order valence-electron chi connectivity index (χ2n) is 8.25. The molecule has 2 atom stereocenters. The van der Waals surface area contributed by atoms with Crippen LogP contribution >= 0.6 is 0 Å². The molecule has 3 aliphatic rings. The van der Waals surface area contributed by atoms with E-state index in [0.717, 1.165) is 37.1 Å². The molecule has 8 heteroatoms. The van der Waals surface area contributed by atoms with Crippen molar-refractivity contribution in [2.45, 2.75) is 69.2 Å². The molecule has 2 aromatic heterocycles. The Morgan fingerprint density at radius 1 is 1.21 bits per heavy atom. The van der Waals surface area contributed by atoms with Gasteiger partial charge in [-0.15, -0.1) is 0 Å². The normalized spacial score (nSPS) is 25.7. The molecule has 154 valence electrons.